The summed E-state index contributed by atoms with van der Waals surface area (Å²) in [6, 6.07) is 4.48. The fraction of sp³-hybridized carbons (Fsp3) is 0.471. The normalized spacial score (nSPS) is 17.8. The average molecular weight is 302 g/mol. The highest BCUT2D eigenvalue weighted by molar-refractivity contribution is 7.15. The van der Waals surface area contributed by atoms with Gasteiger partial charge in [0.15, 0.2) is 0 Å². The maximum atomic E-state index is 9.92. The molecule has 1 aliphatic carbocycles. The van der Waals surface area contributed by atoms with Gasteiger partial charge in [-0.2, -0.15) is 0 Å². The predicted molar refractivity (Wildman–Crippen MR) is 88.0 cm³/mol. The monoisotopic (exact) mass is 302 g/mol. The summed E-state index contributed by atoms with van der Waals surface area (Å²) < 4.78 is 0. The summed E-state index contributed by atoms with van der Waals surface area (Å²) >= 11 is 1.81. The van der Waals surface area contributed by atoms with Crippen molar-refractivity contribution in [1.29, 1.82) is 0 Å². The summed E-state index contributed by atoms with van der Waals surface area (Å²) in [7, 11) is 0. The van der Waals surface area contributed by atoms with Crippen LogP contribution in [0.5, 0.6) is 5.75 Å². The minimum Gasteiger partial charge on any atom is -0.507 e. The maximum Gasteiger partial charge on any atom is 0.123 e. The van der Waals surface area contributed by atoms with Crippen LogP contribution in [0.2, 0.25) is 0 Å². The molecule has 3 nitrogen and oxygen atoms in total. The van der Waals surface area contributed by atoms with Gasteiger partial charge in [0.2, 0.25) is 0 Å². The molecule has 1 unspecified atom stereocenters. The minimum atomic E-state index is 0.394. The average Bonchev–Trinajstić information content (AvgIpc) is 2.89. The van der Waals surface area contributed by atoms with Crippen molar-refractivity contribution in [2.75, 3.05) is 6.54 Å². The second-order valence-electron chi connectivity index (χ2n) is 5.79. The summed E-state index contributed by atoms with van der Waals surface area (Å²) in [5.41, 5.74) is 4.20. The van der Waals surface area contributed by atoms with Gasteiger partial charge in [-0.3, -0.25) is 0 Å². The first-order valence-electron chi connectivity index (χ1n) is 7.63. The van der Waals surface area contributed by atoms with Crippen molar-refractivity contribution in [2.45, 2.75) is 46.1 Å². The number of nitrogens with zero attached hydrogens (tertiary/aromatic N) is 1. The van der Waals surface area contributed by atoms with Crippen LogP contribution in [-0.2, 0) is 6.42 Å². The van der Waals surface area contributed by atoms with E-state index in [9.17, 15) is 5.11 Å². The highest BCUT2D eigenvalue weighted by Gasteiger charge is 2.24. The largest absolute Gasteiger partial charge is 0.507 e. The van der Waals surface area contributed by atoms with E-state index in [1.54, 1.807) is 0 Å². The molecule has 1 aromatic heterocycles. The van der Waals surface area contributed by atoms with E-state index in [1.807, 2.05) is 37.3 Å². The van der Waals surface area contributed by atoms with Crippen LogP contribution in [0.1, 0.15) is 47.5 Å². The summed E-state index contributed by atoms with van der Waals surface area (Å²) in [6.07, 6.45) is 3.56. The van der Waals surface area contributed by atoms with E-state index < -0.39 is 0 Å². The number of thiazole rings is 1. The smallest absolute Gasteiger partial charge is 0.123 e. The van der Waals surface area contributed by atoms with Gasteiger partial charge < -0.3 is 10.4 Å². The maximum absolute atomic E-state index is 9.92. The van der Waals surface area contributed by atoms with E-state index >= 15 is 0 Å². The molecular weight excluding hydrogens is 280 g/mol. The Hall–Kier alpha value is -1.39. The topological polar surface area (TPSA) is 45.1 Å². The molecule has 1 aromatic carbocycles. The van der Waals surface area contributed by atoms with E-state index in [-0.39, 0.29) is 0 Å². The van der Waals surface area contributed by atoms with Crippen molar-refractivity contribution in [3.05, 3.63) is 33.8 Å². The zero-order valence-electron chi connectivity index (χ0n) is 12.9. The van der Waals surface area contributed by atoms with Crippen LogP contribution in [-0.4, -0.2) is 16.6 Å². The summed E-state index contributed by atoms with van der Waals surface area (Å²) in [4.78, 5) is 6.33. The van der Waals surface area contributed by atoms with Crippen LogP contribution in [0.25, 0.3) is 10.6 Å². The Kier molecular flexibility index (Phi) is 4.00. The lowest BCUT2D eigenvalue weighted by atomic mass is 9.97. The zero-order chi connectivity index (χ0) is 15.0. The highest BCUT2D eigenvalue weighted by atomic mass is 32.1. The lowest BCUT2D eigenvalue weighted by molar-refractivity contribution is 0.465. The minimum absolute atomic E-state index is 0.394. The SMILES string of the molecule is CCNC1CCCc2sc(-c3cc(C)c(O)c(C)c3)nc21. The van der Waals surface area contributed by atoms with Gasteiger partial charge in [0, 0.05) is 10.4 Å². The first kappa shape index (κ1) is 14.5. The van der Waals surface area contributed by atoms with Crippen LogP contribution in [0.15, 0.2) is 12.1 Å². The molecule has 2 aromatic rings. The Balaban J connectivity index is 2.01. The molecule has 1 atom stereocenters. The number of nitrogens with one attached hydrogen (secondary N) is 1. The quantitative estimate of drug-likeness (QED) is 0.896. The van der Waals surface area contributed by atoms with Gasteiger partial charge in [-0.1, -0.05) is 6.92 Å². The molecule has 0 bridgehead atoms. The molecular formula is C17H22N2OS. The zero-order valence-corrected chi connectivity index (χ0v) is 13.7. The molecule has 1 heterocycles. The van der Waals surface area contributed by atoms with Gasteiger partial charge in [-0.25, -0.2) is 4.98 Å². The molecule has 0 spiro atoms. The fourth-order valence-corrected chi connectivity index (χ4v) is 4.22. The van der Waals surface area contributed by atoms with Crippen molar-refractivity contribution in [1.82, 2.24) is 10.3 Å². The van der Waals surface area contributed by atoms with Crippen LogP contribution in [0.4, 0.5) is 0 Å². The third kappa shape index (κ3) is 2.70. The predicted octanol–water partition coefficient (Wildman–Crippen LogP) is 4.12. The second kappa shape index (κ2) is 5.78. The Bertz CT molecular complexity index is 640. The number of aromatic hydroxyl groups is 1. The van der Waals surface area contributed by atoms with E-state index in [4.69, 9.17) is 4.98 Å². The number of aryl methyl sites for hydroxylation is 3. The van der Waals surface area contributed by atoms with Gasteiger partial charge in [-0.15, -0.1) is 11.3 Å². The molecule has 0 saturated carbocycles. The molecule has 0 amide bonds. The van der Waals surface area contributed by atoms with Gasteiger partial charge in [0.1, 0.15) is 10.8 Å². The highest BCUT2D eigenvalue weighted by Crippen LogP contribution is 2.38. The Morgan fingerprint density at radius 1 is 1.33 bits per heavy atom. The number of hydrogen-bond donors (Lipinski definition) is 2. The number of phenolic OH excluding ortho intramolecular Hbond substituents is 1. The van der Waals surface area contributed by atoms with Crippen molar-refractivity contribution in [2.24, 2.45) is 0 Å². The van der Waals surface area contributed by atoms with E-state index in [0.717, 1.165) is 34.7 Å². The first-order valence-corrected chi connectivity index (χ1v) is 8.45. The van der Waals surface area contributed by atoms with Crippen LogP contribution < -0.4 is 5.32 Å². The Morgan fingerprint density at radius 2 is 2.05 bits per heavy atom. The molecule has 4 heteroatoms. The third-order valence-electron chi connectivity index (χ3n) is 4.14. The lowest BCUT2D eigenvalue weighted by Crippen LogP contribution is -2.24. The van der Waals surface area contributed by atoms with Gasteiger partial charge in [0.05, 0.1) is 11.7 Å². The second-order valence-corrected chi connectivity index (χ2v) is 6.87. The van der Waals surface area contributed by atoms with Crippen molar-refractivity contribution in [3.8, 4) is 16.3 Å². The number of rotatable bonds is 3. The van der Waals surface area contributed by atoms with Crippen molar-refractivity contribution < 1.29 is 5.11 Å². The number of fused-ring (bicyclic) bond motifs is 1. The molecule has 112 valence electrons. The molecule has 0 saturated heterocycles. The van der Waals surface area contributed by atoms with Crippen LogP contribution in [0, 0.1) is 13.8 Å². The molecule has 21 heavy (non-hydrogen) atoms. The standard InChI is InChI=1S/C17H22N2OS/c1-4-18-13-6-5-7-14-15(13)19-17(21-14)12-8-10(2)16(20)11(3)9-12/h8-9,13,18,20H,4-7H2,1-3H3. The number of benzene rings is 1. The molecule has 3 rings (SSSR count). The van der Waals surface area contributed by atoms with Gasteiger partial charge in [0.25, 0.3) is 0 Å². The van der Waals surface area contributed by atoms with Crippen LogP contribution in [0.3, 0.4) is 0 Å². The molecule has 1 aliphatic rings. The molecule has 0 fully saturated rings. The number of aromatic nitrogens is 1. The van der Waals surface area contributed by atoms with Gasteiger partial charge in [-0.05, 0) is 62.9 Å². The summed E-state index contributed by atoms with van der Waals surface area (Å²) in [5.74, 6) is 0.394. The van der Waals surface area contributed by atoms with Crippen molar-refractivity contribution in [3.63, 3.8) is 0 Å². The van der Waals surface area contributed by atoms with E-state index in [1.165, 1.54) is 23.4 Å². The number of phenols is 1. The van der Waals surface area contributed by atoms with Crippen LogP contribution >= 0.6 is 11.3 Å². The Labute approximate surface area is 130 Å². The Morgan fingerprint density at radius 3 is 2.71 bits per heavy atom. The fourth-order valence-electron chi connectivity index (χ4n) is 3.07. The number of hydrogen-bond acceptors (Lipinski definition) is 4. The molecule has 0 aliphatic heterocycles. The van der Waals surface area contributed by atoms with E-state index in [2.05, 4.69) is 12.2 Å². The van der Waals surface area contributed by atoms with Crippen molar-refractivity contribution >= 4 is 11.3 Å². The first-order chi connectivity index (χ1) is 10.1. The lowest BCUT2D eigenvalue weighted by Gasteiger charge is -2.21. The molecule has 2 N–H and O–H groups in total. The van der Waals surface area contributed by atoms with E-state index in [0.29, 0.717) is 11.8 Å². The summed E-state index contributed by atoms with van der Waals surface area (Å²) in [5, 5.41) is 14.5. The summed E-state index contributed by atoms with van der Waals surface area (Å²) in [6.45, 7) is 7.02. The molecule has 0 radical (unpaired) electrons. The third-order valence-corrected chi connectivity index (χ3v) is 5.32. The van der Waals surface area contributed by atoms with Gasteiger partial charge >= 0.3 is 0 Å².